The Morgan fingerprint density at radius 3 is 2.71 bits per heavy atom. The summed E-state index contributed by atoms with van der Waals surface area (Å²) in [5.41, 5.74) is 8.90. The second kappa shape index (κ2) is 5.48. The molecule has 0 saturated heterocycles. The number of hydrogen-bond donors (Lipinski definition) is 1. The van der Waals surface area contributed by atoms with Crippen molar-refractivity contribution in [3.63, 3.8) is 0 Å². The van der Waals surface area contributed by atoms with E-state index in [2.05, 4.69) is 31.2 Å². The van der Waals surface area contributed by atoms with Gasteiger partial charge in [0.25, 0.3) is 0 Å². The van der Waals surface area contributed by atoms with Crippen molar-refractivity contribution in [3.05, 3.63) is 58.6 Å². The van der Waals surface area contributed by atoms with Gasteiger partial charge < -0.3 is 5.73 Å². The summed E-state index contributed by atoms with van der Waals surface area (Å²) in [4.78, 5) is 1.28. The van der Waals surface area contributed by atoms with E-state index < -0.39 is 0 Å². The van der Waals surface area contributed by atoms with Crippen LogP contribution in [0.25, 0.3) is 0 Å². The molecule has 0 aromatic heterocycles. The lowest BCUT2D eigenvalue weighted by molar-refractivity contribution is 1.34. The minimum Gasteiger partial charge on any atom is -0.398 e. The maximum atomic E-state index is 5.89. The lowest BCUT2D eigenvalue weighted by Crippen LogP contribution is -1.89. The molecule has 0 radical (unpaired) electrons. The summed E-state index contributed by atoms with van der Waals surface area (Å²) in [6, 6.07) is 14.3. The van der Waals surface area contributed by atoms with Crippen LogP contribution < -0.4 is 5.73 Å². The number of anilines is 1. The van der Waals surface area contributed by atoms with Gasteiger partial charge in [0.05, 0.1) is 10.7 Å². The van der Waals surface area contributed by atoms with Crippen molar-refractivity contribution in [2.45, 2.75) is 17.6 Å². The monoisotopic (exact) mass is 263 g/mol. The molecular formula is C14H14ClNS. The van der Waals surface area contributed by atoms with Crippen LogP contribution in [-0.2, 0) is 5.75 Å². The van der Waals surface area contributed by atoms with E-state index in [0.717, 1.165) is 5.75 Å². The van der Waals surface area contributed by atoms with Crippen LogP contribution in [0.2, 0.25) is 5.02 Å². The first-order valence-electron chi connectivity index (χ1n) is 5.38. The molecule has 2 rings (SSSR count). The van der Waals surface area contributed by atoms with Crippen LogP contribution >= 0.6 is 23.4 Å². The molecule has 0 aliphatic carbocycles. The van der Waals surface area contributed by atoms with Crippen LogP contribution in [0.1, 0.15) is 11.1 Å². The molecular weight excluding hydrogens is 250 g/mol. The lowest BCUT2D eigenvalue weighted by atomic mass is 10.2. The molecule has 0 saturated carbocycles. The second-order valence-electron chi connectivity index (χ2n) is 3.96. The molecule has 0 amide bonds. The van der Waals surface area contributed by atoms with E-state index in [-0.39, 0.29) is 0 Å². The second-order valence-corrected chi connectivity index (χ2v) is 5.42. The molecule has 2 N–H and O–H groups in total. The van der Waals surface area contributed by atoms with Crippen molar-refractivity contribution >= 4 is 29.1 Å². The molecule has 0 atom stereocenters. The third kappa shape index (κ3) is 3.42. The molecule has 17 heavy (non-hydrogen) atoms. The van der Waals surface area contributed by atoms with Gasteiger partial charge in [0.2, 0.25) is 0 Å². The number of halogens is 1. The number of nitrogen functional groups attached to an aromatic ring is 1. The maximum Gasteiger partial charge on any atom is 0.0635 e. The summed E-state index contributed by atoms with van der Waals surface area (Å²) in [6.07, 6.45) is 0. The van der Waals surface area contributed by atoms with Crippen molar-refractivity contribution in [2.75, 3.05) is 5.73 Å². The normalized spacial score (nSPS) is 10.5. The number of aryl methyl sites for hydroxylation is 1. The summed E-state index contributed by atoms with van der Waals surface area (Å²) in [7, 11) is 0. The summed E-state index contributed by atoms with van der Waals surface area (Å²) < 4.78 is 0. The van der Waals surface area contributed by atoms with Crippen LogP contribution in [0.15, 0.2) is 47.4 Å². The first kappa shape index (κ1) is 12.3. The Morgan fingerprint density at radius 2 is 2.00 bits per heavy atom. The highest BCUT2D eigenvalue weighted by Gasteiger charge is 2.00. The van der Waals surface area contributed by atoms with Gasteiger partial charge in [-0.1, -0.05) is 35.4 Å². The van der Waals surface area contributed by atoms with Crippen LogP contribution in [0.4, 0.5) is 5.69 Å². The molecule has 1 nitrogen and oxygen atoms in total. The van der Waals surface area contributed by atoms with Gasteiger partial charge in [-0.25, -0.2) is 0 Å². The molecule has 0 spiro atoms. The quantitative estimate of drug-likeness (QED) is 0.651. The highest BCUT2D eigenvalue weighted by molar-refractivity contribution is 7.98. The van der Waals surface area contributed by atoms with Crippen molar-refractivity contribution < 1.29 is 0 Å². The van der Waals surface area contributed by atoms with Gasteiger partial charge in [0.1, 0.15) is 0 Å². The average Bonchev–Trinajstić information content (AvgIpc) is 2.31. The molecule has 0 fully saturated rings. The molecule has 2 aromatic rings. The Hall–Kier alpha value is -1.12. The standard InChI is InChI=1S/C14H14ClNS/c1-10-3-2-4-12(7-10)17-9-11-5-6-13(15)14(16)8-11/h2-8H,9,16H2,1H3. The minimum absolute atomic E-state index is 0.620. The van der Waals surface area contributed by atoms with Crippen molar-refractivity contribution in [3.8, 4) is 0 Å². The third-order valence-corrected chi connectivity index (χ3v) is 3.86. The molecule has 88 valence electrons. The predicted molar refractivity (Wildman–Crippen MR) is 76.6 cm³/mol. The molecule has 0 aliphatic rings. The first-order chi connectivity index (χ1) is 8.15. The number of nitrogens with two attached hydrogens (primary N) is 1. The largest absolute Gasteiger partial charge is 0.398 e. The van der Waals surface area contributed by atoms with Crippen LogP contribution in [-0.4, -0.2) is 0 Å². The summed E-state index contributed by atoms with van der Waals surface area (Å²) in [5, 5.41) is 0.620. The molecule has 3 heteroatoms. The fraction of sp³-hybridized carbons (Fsp3) is 0.143. The Labute approximate surface area is 111 Å². The molecule has 2 aromatic carbocycles. The van der Waals surface area contributed by atoms with Gasteiger partial charge in [-0.05, 0) is 36.8 Å². The van der Waals surface area contributed by atoms with E-state index in [1.54, 1.807) is 11.8 Å². The summed E-state index contributed by atoms with van der Waals surface area (Å²) in [5.74, 6) is 0.908. The number of thioether (sulfide) groups is 1. The van der Waals surface area contributed by atoms with Crippen molar-refractivity contribution in [2.24, 2.45) is 0 Å². The minimum atomic E-state index is 0.620. The number of rotatable bonds is 3. The zero-order chi connectivity index (χ0) is 12.3. The first-order valence-corrected chi connectivity index (χ1v) is 6.75. The van der Waals surface area contributed by atoms with Gasteiger partial charge in [-0.2, -0.15) is 0 Å². The molecule has 0 aliphatic heterocycles. The SMILES string of the molecule is Cc1cccc(SCc2ccc(Cl)c(N)c2)c1. The van der Waals surface area contributed by atoms with E-state index in [4.69, 9.17) is 17.3 Å². The van der Waals surface area contributed by atoms with E-state index >= 15 is 0 Å². The Bertz CT molecular complexity index is 525. The highest BCUT2D eigenvalue weighted by atomic mass is 35.5. The zero-order valence-electron chi connectivity index (χ0n) is 9.61. The van der Waals surface area contributed by atoms with E-state index in [0.29, 0.717) is 10.7 Å². The van der Waals surface area contributed by atoms with Gasteiger partial charge in [0.15, 0.2) is 0 Å². The fourth-order valence-electron chi connectivity index (χ4n) is 1.55. The fourth-order valence-corrected chi connectivity index (χ4v) is 2.63. The zero-order valence-corrected chi connectivity index (χ0v) is 11.2. The van der Waals surface area contributed by atoms with Gasteiger partial charge >= 0.3 is 0 Å². The Morgan fingerprint density at radius 1 is 1.18 bits per heavy atom. The van der Waals surface area contributed by atoms with Gasteiger partial charge in [0, 0.05) is 10.6 Å². The molecule has 0 bridgehead atoms. The van der Waals surface area contributed by atoms with E-state index in [1.165, 1.54) is 16.0 Å². The predicted octanol–water partition coefficient (Wildman–Crippen LogP) is 4.52. The molecule has 0 unspecified atom stereocenters. The number of benzene rings is 2. The van der Waals surface area contributed by atoms with Gasteiger partial charge in [-0.15, -0.1) is 11.8 Å². The number of hydrogen-bond acceptors (Lipinski definition) is 2. The Kier molecular flexibility index (Phi) is 3.97. The smallest absolute Gasteiger partial charge is 0.0635 e. The van der Waals surface area contributed by atoms with E-state index in [9.17, 15) is 0 Å². The molecule has 0 heterocycles. The van der Waals surface area contributed by atoms with Crippen molar-refractivity contribution in [1.29, 1.82) is 0 Å². The van der Waals surface area contributed by atoms with E-state index in [1.807, 2.05) is 18.2 Å². The van der Waals surface area contributed by atoms with Gasteiger partial charge in [-0.3, -0.25) is 0 Å². The van der Waals surface area contributed by atoms with Crippen molar-refractivity contribution in [1.82, 2.24) is 0 Å². The van der Waals surface area contributed by atoms with Crippen LogP contribution in [0.5, 0.6) is 0 Å². The summed E-state index contributed by atoms with van der Waals surface area (Å²) in [6.45, 7) is 2.10. The third-order valence-electron chi connectivity index (χ3n) is 2.46. The Balaban J connectivity index is 2.05. The maximum absolute atomic E-state index is 5.89. The topological polar surface area (TPSA) is 26.0 Å². The summed E-state index contributed by atoms with van der Waals surface area (Å²) >= 11 is 7.69. The van der Waals surface area contributed by atoms with Crippen LogP contribution in [0.3, 0.4) is 0 Å². The highest BCUT2D eigenvalue weighted by Crippen LogP contribution is 2.26. The lowest BCUT2D eigenvalue weighted by Gasteiger charge is -2.05. The van der Waals surface area contributed by atoms with Crippen LogP contribution in [0, 0.1) is 6.92 Å². The average molecular weight is 264 g/mol.